The maximum absolute atomic E-state index is 12.1. The zero-order valence-electron chi connectivity index (χ0n) is 11.6. The van der Waals surface area contributed by atoms with Crippen LogP contribution in [0.15, 0.2) is 41.5 Å². The Hall–Kier alpha value is -2.34. The Labute approximate surface area is 122 Å². The lowest BCUT2D eigenvalue weighted by molar-refractivity contribution is -0.118. The number of carbonyl (C=O) groups is 1. The Bertz CT molecular complexity index is 665. The van der Waals surface area contributed by atoms with Gasteiger partial charge in [-0.3, -0.25) is 9.36 Å². The molecule has 1 aromatic carbocycles. The summed E-state index contributed by atoms with van der Waals surface area (Å²) < 4.78 is 1.51. The predicted octanol–water partition coefficient (Wildman–Crippen LogP) is 1.25. The van der Waals surface area contributed by atoms with Crippen LogP contribution in [0.2, 0.25) is 0 Å². The second kappa shape index (κ2) is 5.97. The molecule has 21 heavy (non-hydrogen) atoms. The van der Waals surface area contributed by atoms with Crippen molar-refractivity contribution in [1.29, 1.82) is 0 Å². The molecule has 6 heteroatoms. The first kappa shape index (κ1) is 13.6. The van der Waals surface area contributed by atoms with E-state index in [1.807, 2.05) is 0 Å². The predicted molar refractivity (Wildman–Crippen MR) is 80.7 cm³/mol. The van der Waals surface area contributed by atoms with Gasteiger partial charge in [-0.15, -0.1) is 0 Å². The summed E-state index contributed by atoms with van der Waals surface area (Å²) in [5.41, 5.74) is 1.31. The first-order valence-electron chi connectivity index (χ1n) is 7.15. The fourth-order valence-electron chi connectivity index (χ4n) is 2.53. The number of hydrogen-bond acceptors (Lipinski definition) is 3. The number of nitrogens with one attached hydrogen (secondary N) is 3. The van der Waals surface area contributed by atoms with Crippen LogP contribution in [-0.2, 0) is 4.79 Å². The van der Waals surface area contributed by atoms with E-state index in [0.717, 1.165) is 37.2 Å². The van der Waals surface area contributed by atoms with Gasteiger partial charge in [0, 0.05) is 18.1 Å². The van der Waals surface area contributed by atoms with Gasteiger partial charge in [0.05, 0.1) is 11.7 Å². The first-order chi connectivity index (χ1) is 10.2. The molecule has 1 saturated heterocycles. The number of anilines is 1. The number of nitrogens with zero attached hydrogens (tertiary/aromatic N) is 1. The molecule has 1 aliphatic rings. The van der Waals surface area contributed by atoms with Crippen LogP contribution < -0.4 is 16.3 Å². The summed E-state index contributed by atoms with van der Waals surface area (Å²) in [5.74, 6) is 0.00117. The molecule has 2 heterocycles. The number of amides is 1. The van der Waals surface area contributed by atoms with Gasteiger partial charge in [0.25, 0.3) is 0 Å². The molecule has 0 saturated carbocycles. The van der Waals surface area contributed by atoms with Crippen molar-refractivity contribution >= 4 is 11.6 Å². The number of H-pyrrole nitrogens is 1. The Morgan fingerprint density at radius 2 is 2.05 bits per heavy atom. The van der Waals surface area contributed by atoms with E-state index >= 15 is 0 Å². The third-order valence-electron chi connectivity index (χ3n) is 3.69. The van der Waals surface area contributed by atoms with E-state index in [-0.39, 0.29) is 17.6 Å². The Morgan fingerprint density at radius 1 is 1.24 bits per heavy atom. The highest BCUT2D eigenvalue weighted by Crippen LogP contribution is 2.14. The highest BCUT2D eigenvalue weighted by Gasteiger charge is 2.20. The minimum atomic E-state index is -0.182. The van der Waals surface area contributed by atoms with Gasteiger partial charge in [0.1, 0.15) is 0 Å². The topological polar surface area (TPSA) is 78.9 Å². The molecule has 1 aromatic heterocycles. The molecule has 0 radical (unpaired) electrons. The minimum Gasteiger partial charge on any atom is -0.325 e. The second-order valence-corrected chi connectivity index (χ2v) is 5.17. The minimum absolute atomic E-state index is 0.00117. The third-order valence-corrected chi connectivity index (χ3v) is 3.69. The van der Waals surface area contributed by atoms with Gasteiger partial charge in [0.15, 0.2) is 0 Å². The quantitative estimate of drug-likeness (QED) is 0.794. The van der Waals surface area contributed by atoms with Crippen molar-refractivity contribution in [2.45, 2.75) is 25.3 Å². The van der Waals surface area contributed by atoms with E-state index in [9.17, 15) is 9.59 Å². The standard InChI is InChI=1S/C15H18N4O2/c20-14(13-3-1-2-8-16-13)18-11-4-6-12(7-5-11)19-10-9-17-15(19)21/h4-7,9-10,13,16H,1-3,8H2,(H,17,21)(H,18,20)/t13-/m0/s1. The van der Waals surface area contributed by atoms with E-state index in [2.05, 4.69) is 15.6 Å². The Kier molecular flexibility index (Phi) is 3.87. The van der Waals surface area contributed by atoms with Gasteiger partial charge in [0.2, 0.25) is 5.91 Å². The SMILES string of the molecule is O=C(Nc1ccc(-n2cc[nH]c2=O)cc1)[C@@H]1CCCCN1. The lowest BCUT2D eigenvalue weighted by atomic mass is 10.0. The van der Waals surface area contributed by atoms with Crippen molar-refractivity contribution < 1.29 is 4.79 Å². The van der Waals surface area contributed by atoms with Gasteiger partial charge in [-0.05, 0) is 43.7 Å². The van der Waals surface area contributed by atoms with Crippen LogP contribution >= 0.6 is 0 Å². The summed E-state index contributed by atoms with van der Waals surface area (Å²) in [4.78, 5) is 26.2. The maximum Gasteiger partial charge on any atom is 0.330 e. The summed E-state index contributed by atoms with van der Waals surface area (Å²) >= 11 is 0. The number of aromatic nitrogens is 2. The van der Waals surface area contributed by atoms with Crippen LogP contribution in [0.3, 0.4) is 0 Å². The highest BCUT2D eigenvalue weighted by molar-refractivity contribution is 5.94. The molecule has 110 valence electrons. The lowest BCUT2D eigenvalue weighted by Gasteiger charge is -2.22. The molecule has 6 nitrogen and oxygen atoms in total. The molecule has 0 aliphatic carbocycles. The van der Waals surface area contributed by atoms with Gasteiger partial charge in [-0.25, -0.2) is 4.79 Å². The Balaban J connectivity index is 1.68. The molecular weight excluding hydrogens is 268 g/mol. The molecule has 1 amide bonds. The number of rotatable bonds is 3. The molecule has 1 fully saturated rings. The van der Waals surface area contributed by atoms with Crippen molar-refractivity contribution in [3.8, 4) is 5.69 Å². The fraction of sp³-hybridized carbons (Fsp3) is 0.333. The monoisotopic (exact) mass is 286 g/mol. The van der Waals surface area contributed by atoms with Crippen LogP contribution in [0.5, 0.6) is 0 Å². The lowest BCUT2D eigenvalue weighted by Crippen LogP contribution is -2.43. The van der Waals surface area contributed by atoms with Crippen LogP contribution in [0, 0.1) is 0 Å². The van der Waals surface area contributed by atoms with Crippen LogP contribution in [0.4, 0.5) is 5.69 Å². The van der Waals surface area contributed by atoms with Gasteiger partial charge in [-0.2, -0.15) is 0 Å². The Morgan fingerprint density at radius 3 is 2.67 bits per heavy atom. The second-order valence-electron chi connectivity index (χ2n) is 5.17. The zero-order valence-corrected chi connectivity index (χ0v) is 11.6. The number of carbonyl (C=O) groups excluding carboxylic acids is 1. The molecule has 0 bridgehead atoms. The average Bonchev–Trinajstić information content (AvgIpc) is 2.95. The van der Waals surface area contributed by atoms with Gasteiger partial charge < -0.3 is 15.6 Å². The molecular formula is C15H18N4O2. The number of imidazole rings is 1. The van der Waals surface area contributed by atoms with Crippen molar-refractivity contribution in [2.75, 3.05) is 11.9 Å². The van der Waals surface area contributed by atoms with E-state index in [1.54, 1.807) is 36.7 Å². The maximum atomic E-state index is 12.1. The van der Waals surface area contributed by atoms with Crippen molar-refractivity contribution in [2.24, 2.45) is 0 Å². The summed E-state index contributed by atoms with van der Waals surface area (Å²) in [5, 5.41) is 6.12. The highest BCUT2D eigenvalue weighted by atomic mass is 16.2. The van der Waals surface area contributed by atoms with Gasteiger partial charge in [-0.1, -0.05) is 6.42 Å². The number of hydrogen-bond donors (Lipinski definition) is 3. The first-order valence-corrected chi connectivity index (χ1v) is 7.15. The number of piperidine rings is 1. The largest absolute Gasteiger partial charge is 0.330 e. The molecule has 3 rings (SSSR count). The normalized spacial score (nSPS) is 18.4. The van der Waals surface area contributed by atoms with Crippen LogP contribution in [0.1, 0.15) is 19.3 Å². The summed E-state index contributed by atoms with van der Waals surface area (Å²) in [6.07, 6.45) is 6.35. The molecule has 1 atom stereocenters. The average molecular weight is 286 g/mol. The summed E-state index contributed by atoms with van der Waals surface area (Å²) in [7, 11) is 0. The smallest absolute Gasteiger partial charge is 0.325 e. The fourth-order valence-corrected chi connectivity index (χ4v) is 2.53. The van der Waals surface area contributed by atoms with Crippen LogP contribution in [-0.4, -0.2) is 28.0 Å². The number of aromatic amines is 1. The van der Waals surface area contributed by atoms with Crippen molar-refractivity contribution in [3.05, 3.63) is 47.1 Å². The van der Waals surface area contributed by atoms with E-state index in [0.29, 0.717) is 0 Å². The van der Waals surface area contributed by atoms with Crippen molar-refractivity contribution in [1.82, 2.24) is 14.9 Å². The van der Waals surface area contributed by atoms with E-state index in [1.165, 1.54) is 4.57 Å². The third kappa shape index (κ3) is 3.05. The molecule has 0 spiro atoms. The molecule has 3 N–H and O–H groups in total. The molecule has 2 aromatic rings. The number of benzene rings is 1. The van der Waals surface area contributed by atoms with Gasteiger partial charge >= 0.3 is 5.69 Å². The molecule has 0 unspecified atom stereocenters. The van der Waals surface area contributed by atoms with Crippen molar-refractivity contribution in [3.63, 3.8) is 0 Å². The molecule has 1 aliphatic heterocycles. The van der Waals surface area contributed by atoms with Crippen LogP contribution in [0.25, 0.3) is 5.69 Å². The summed E-state index contributed by atoms with van der Waals surface area (Å²) in [6.45, 7) is 0.896. The van der Waals surface area contributed by atoms with E-state index < -0.39 is 0 Å². The summed E-state index contributed by atoms with van der Waals surface area (Å²) in [6, 6.07) is 7.11. The zero-order chi connectivity index (χ0) is 14.7. The van der Waals surface area contributed by atoms with E-state index in [4.69, 9.17) is 0 Å².